The quantitative estimate of drug-likeness (QED) is 0.609. The van der Waals surface area contributed by atoms with Crippen LogP contribution in [0.2, 0.25) is 0 Å². The van der Waals surface area contributed by atoms with E-state index in [9.17, 15) is 14.4 Å². The van der Waals surface area contributed by atoms with Gasteiger partial charge in [-0.25, -0.2) is 4.79 Å². The normalized spacial score (nSPS) is 19.9. The number of ether oxygens (including phenoxy) is 1. The Morgan fingerprint density at radius 1 is 1.13 bits per heavy atom. The molecule has 1 aromatic carbocycles. The standard InChI is InChI=1S/C24H24N2O5/c1-14-8-23(29)31-24-15(2)20(7-6-18(14)24)30-13-22(28)25-10-16-9-17(12-25)19-4-3-5-21(27)26(19)11-16/h3-8,16-17H,9-13H2,1-2H3/t16-,17?/m1/s1. The Bertz CT molecular complexity index is 1310. The lowest BCUT2D eigenvalue weighted by Crippen LogP contribution is -2.50. The van der Waals surface area contributed by atoms with Crippen LogP contribution in [-0.4, -0.2) is 35.1 Å². The van der Waals surface area contributed by atoms with Crippen molar-refractivity contribution in [3.63, 3.8) is 0 Å². The first-order valence-electron chi connectivity index (χ1n) is 10.5. The van der Waals surface area contributed by atoms with E-state index < -0.39 is 5.63 Å². The number of fused-ring (bicyclic) bond motifs is 5. The van der Waals surface area contributed by atoms with Crippen LogP contribution in [-0.2, 0) is 11.3 Å². The summed E-state index contributed by atoms with van der Waals surface area (Å²) in [6.45, 7) is 5.48. The molecule has 0 N–H and O–H groups in total. The van der Waals surface area contributed by atoms with E-state index in [1.807, 2.05) is 41.5 Å². The van der Waals surface area contributed by atoms with Crippen molar-refractivity contribution in [2.24, 2.45) is 5.92 Å². The second-order valence-electron chi connectivity index (χ2n) is 8.60. The van der Waals surface area contributed by atoms with E-state index in [2.05, 4.69) is 0 Å². The summed E-state index contributed by atoms with van der Waals surface area (Å²) >= 11 is 0. The number of rotatable bonds is 3. The summed E-state index contributed by atoms with van der Waals surface area (Å²) in [6.07, 6.45) is 0.996. The minimum atomic E-state index is -0.402. The van der Waals surface area contributed by atoms with Crippen LogP contribution >= 0.6 is 0 Å². The highest BCUT2D eigenvalue weighted by atomic mass is 16.5. The molecule has 5 rings (SSSR count). The number of nitrogens with zero attached hydrogens (tertiary/aromatic N) is 2. The van der Waals surface area contributed by atoms with E-state index in [0.29, 0.717) is 36.5 Å². The second-order valence-corrected chi connectivity index (χ2v) is 8.60. The van der Waals surface area contributed by atoms with Gasteiger partial charge in [0, 0.05) is 54.3 Å². The van der Waals surface area contributed by atoms with Crippen LogP contribution < -0.4 is 15.9 Å². The monoisotopic (exact) mass is 420 g/mol. The zero-order valence-electron chi connectivity index (χ0n) is 17.6. The van der Waals surface area contributed by atoms with Gasteiger partial charge in [-0.2, -0.15) is 0 Å². The molecule has 0 radical (unpaired) electrons. The maximum Gasteiger partial charge on any atom is 0.336 e. The number of piperidine rings is 1. The number of carbonyl (C=O) groups is 1. The van der Waals surface area contributed by atoms with Gasteiger partial charge in [-0.15, -0.1) is 0 Å². The molecule has 2 aliphatic heterocycles. The summed E-state index contributed by atoms with van der Waals surface area (Å²) in [5.74, 6) is 0.898. The van der Waals surface area contributed by atoms with E-state index in [1.54, 1.807) is 12.1 Å². The minimum absolute atomic E-state index is 0.0315. The molecule has 2 aliphatic rings. The van der Waals surface area contributed by atoms with Gasteiger partial charge < -0.3 is 18.6 Å². The van der Waals surface area contributed by atoms with Gasteiger partial charge in [-0.05, 0) is 49.9 Å². The molecule has 0 aliphatic carbocycles. The Balaban J connectivity index is 1.32. The van der Waals surface area contributed by atoms with Gasteiger partial charge >= 0.3 is 5.63 Å². The van der Waals surface area contributed by atoms with Crippen molar-refractivity contribution in [2.75, 3.05) is 19.7 Å². The average Bonchev–Trinajstić information content (AvgIpc) is 2.74. The van der Waals surface area contributed by atoms with Crippen LogP contribution in [0.3, 0.4) is 0 Å². The van der Waals surface area contributed by atoms with Crippen molar-refractivity contribution in [3.8, 4) is 5.75 Å². The molecular weight excluding hydrogens is 396 g/mol. The van der Waals surface area contributed by atoms with Crippen LogP contribution in [0.15, 0.2) is 50.4 Å². The Morgan fingerprint density at radius 2 is 1.97 bits per heavy atom. The van der Waals surface area contributed by atoms with E-state index >= 15 is 0 Å². The fourth-order valence-electron chi connectivity index (χ4n) is 4.99. The lowest BCUT2D eigenvalue weighted by molar-refractivity contribution is -0.136. The van der Waals surface area contributed by atoms with Crippen molar-refractivity contribution < 1.29 is 13.9 Å². The number of benzene rings is 1. The van der Waals surface area contributed by atoms with Crippen LogP contribution in [0.5, 0.6) is 5.75 Å². The molecule has 1 amide bonds. The molecule has 31 heavy (non-hydrogen) atoms. The predicted octanol–water partition coefficient (Wildman–Crippen LogP) is 2.60. The summed E-state index contributed by atoms with van der Waals surface area (Å²) in [7, 11) is 0. The van der Waals surface area contributed by atoms with E-state index in [4.69, 9.17) is 9.15 Å². The summed E-state index contributed by atoms with van der Waals surface area (Å²) < 4.78 is 13.1. The first-order chi connectivity index (χ1) is 14.9. The van der Waals surface area contributed by atoms with Crippen molar-refractivity contribution >= 4 is 16.9 Å². The van der Waals surface area contributed by atoms with Crippen molar-refractivity contribution in [2.45, 2.75) is 32.7 Å². The number of aryl methyl sites for hydroxylation is 2. The molecule has 160 valence electrons. The third kappa shape index (κ3) is 3.44. The average molecular weight is 420 g/mol. The van der Waals surface area contributed by atoms with E-state index in [0.717, 1.165) is 23.1 Å². The summed E-state index contributed by atoms with van der Waals surface area (Å²) in [5.41, 5.74) is 2.68. The largest absolute Gasteiger partial charge is 0.483 e. The molecule has 2 bridgehead atoms. The van der Waals surface area contributed by atoms with Crippen LogP contribution in [0, 0.1) is 19.8 Å². The molecule has 3 aromatic rings. The van der Waals surface area contributed by atoms with Gasteiger partial charge in [0.25, 0.3) is 11.5 Å². The molecule has 0 spiro atoms. The lowest BCUT2D eigenvalue weighted by atomic mass is 9.83. The van der Waals surface area contributed by atoms with Gasteiger partial charge in [-0.1, -0.05) is 6.07 Å². The predicted molar refractivity (Wildman–Crippen MR) is 116 cm³/mol. The molecule has 7 nitrogen and oxygen atoms in total. The number of carbonyl (C=O) groups excluding carboxylic acids is 1. The molecule has 1 saturated heterocycles. The SMILES string of the molecule is Cc1cc(=O)oc2c(C)c(OCC(=O)N3CC4C[C@H](C3)Cn3c4cccc3=O)ccc12. The Morgan fingerprint density at radius 3 is 2.81 bits per heavy atom. The molecular formula is C24H24N2O5. The van der Waals surface area contributed by atoms with Gasteiger partial charge in [0.2, 0.25) is 0 Å². The van der Waals surface area contributed by atoms with E-state index in [-0.39, 0.29) is 29.9 Å². The third-order valence-electron chi connectivity index (χ3n) is 6.50. The number of amides is 1. The first kappa shape index (κ1) is 19.6. The highest BCUT2D eigenvalue weighted by Crippen LogP contribution is 2.35. The minimum Gasteiger partial charge on any atom is -0.483 e. The topological polar surface area (TPSA) is 81.8 Å². The molecule has 1 unspecified atom stereocenters. The smallest absolute Gasteiger partial charge is 0.336 e. The molecule has 1 fully saturated rings. The number of aromatic nitrogens is 1. The van der Waals surface area contributed by atoms with E-state index in [1.165, 1.54) is 6.07 Å². The molecule has 2 atom stereocenters. The first-order valence-corrected chi connectivity index (χ1v) is 10.5. The summed E-state index contributed by atoms with van der Waals surface area (Å²) in [4.78, 5) is 38.7. The maximum atomic E-state index is 12.9. The molecule has 4 heterocycles. The number of hydrogen-bond donors (Lipinski definition) is 0. The Hall–Kier alpha value is -3.35. The van der Waals surface area contributed by atoms with Crippen molar-refractivity contribution in [3.05, 3.63) is 74.0 Å². The summed E-state index contributed by atoms with van der Waals surface area (Å²) in [6, 6.07) is 10.5. The molecule has 0 saturated carbocycles. The Labute approximate surface area is 178 Å². The van der Waals surface area contributed by atoms with Crippen molar-refractivity contribution in [1.29, 1.82) is 0 Å². The second kappa shape index (κ2) is 7.41. The van der Waals surface area contributed by atoms with Gasteiger partial charge in [0.05, 0.1) is 0 Å². The number of pyridine rings is 1. The Kier molecular flexibility index (Phi) is 4.68. The van der Waals surface area contributed by atoms with Gasteiger partial charge in [0.15, 0.2) is 6.61 Å². The van der Waals surface area contributed by atoms with Crippen LogP contribution in [0.4, 0.5) is 0 Å². The zero-order valence-corrected chi connectivity index (χ0v) is 17.6. The molecule has 2 aromatic heterocycles. The van der Waals surface area contributed by atoms with Gasteiger partial charge in [0.1, 0.15) is 11.3 Å². The van der Waals surface area contributed by atoms with Crippen molar-refractivity contribution in [1.82, 2.24) is 9.47 Å². The summed E-state index contributed by atoms with van der Waals surface area (Å²) in [5, 5.41) is 0.855. The lowest BCUT2D eigenvalue weighted by Gasteiger charge is -2.42. The maximum absolute atomic E-state index is 12.9. The van der Waals surface area contributed by atoms with Crippen LogP contribution in [0.25, 0.3) is 11.0 Å². The van der Waals surface area contributed by atoms with Gasteiger partial charge in [-0.3, -0.25) is 9.59 Å². The number of likely N-dealkylation sites (tertiary alicyclic amines) is 1. The fraction of sp³-hybridized carbons (Fsp3) is 0.375. The fourth-order valence-corrected chi connectivity index (χ4v) is 4.99. The zero-order chi connectivity index (χ0) is 21.7. The number of hydrogen-bond acceptors (Lipinski definition) is 5. The highest BCUT2D eigenvalue weighted by molar-refractivity contribution is 5.85. The van der Waals surface area contributed by atoms with Crippen LogP contribution in [0.1, 0.15) is 29.2 Å². The molecule has 7 heteroatoms. The highest BCUT2D eigenvalue weighted by Gasteiger charge is 2.36. The third-order valence-corrected chi connectivity index (χ3v) is 6.50.